The van der Waals surface area contributed by atoms with Gasteiger partial charge in [-0.15, -0.1) is 0 Å². The van der Waals surface area contributed by atoms with Crippen molar-refractivity contribution in [2.45, 2.75) is 19.8 Å². The lowest BCUT2D eigenvalue weighted by atomic mass is 9.99. The largest absolute Gasteiger partial charge is 0.362 e. The number of hydrogen-bond donors (Lipinski definition) is 3. The first kappa shape index (κ1) is 16.1. The Morgan fingerprint density at radius 3 is 2.68 bits per heavy atom. The van der Waals surface area contributed by atoms with E-state index in [2.05, 4.69) is 16.2 Å². The molecule has 1 aliphatic heterocycles. The molecule has 1 aliphatic rings. The summed E-state index contributed by atoms with van der Waals surface area (Å²) in [5.74, 6) is -0.589. The van der Waals surface area contributed by atoms with Crippen molar-refractivity contribution < 1.29 is 13.2 Å². The molecule has 9 heteroatoms. The number of piperidine rings is 1. The third-order valence-corrected chi connectivity index (χ3v) is 4.38. The number of sulfonamides is 1. The van der Waals surface area contributed by atoms with Gasteiger partial charge in [0, 0.05) is 19.6 Å². The topological polar surface area (TPSA) is 90.5 Å². The quantitative estimate of drug-likeness (QED) is 0.466. The summed E-state index contributed by atoms with van der Waals surface area (Å²) in [4.78, 5) is 11.9. The van der Waals surface area contributed by atoms with E-state index in [-0.39, 0.29) is 18.4 Å². The molecule has 0 spiro atoms. The van der Waals surface area contributed by atoms with Crippen LogP contribution < -0.4 is 16.2 Å². The SMILES string of the molecule is CCNC(=S)NNC(=O)[C@H]1CCCN(S(C)(=O)=O)C1. The minimum atomic E-state index is -3.24. The van der Waals surface area contributed by atoms with Crippen LogP contribution in [0.5, 0.6) is 0 Å². The standard InChI is InChI=1S/C10H20N4O3S2/c1-3-11-10(18)13-12-9(15)8-5-4-6-14(7-8)19(2,16)17/h8H,3-7H2,1-2H3,(H,12,15)(H2,11,13,18)/t8-/m0/s1. The van der Waals surface area contributed by atoms with E-state index in [1.807, 2.05) is 6.92 Å². The van der Waals surface area contributed by atoms with Crippen molar-refractivity contribution in [1.82, 2.24) is 20.5 Å². The van der Waals surface area contributed by atoms with E-state index in [0.717, 1.165) is 6.26 Å². The molecule has 0 aliphatic carbocycles. The lowest BCUT2D eigenvalue weighted by Gasteiger charge is -2.30. The lowest BCUT2D eigenvalue weighted by molar-refractivity contribution is -0.126. The Morgan fingerprint density at radius 2 is 2.11 bits per heavy atom. The summed E-state index contributed by atoms with van der Waals surface area (Å²) in [7, 11) is -3.24. The van der Waals surface area contributed by atoms with Crippen LogP contribution in [-0.4, -0.2) is 49.6 Å². The first-order valence-electron chi connectivity index (χ1n) is 6.13. The molecular formula is C10H20N4O3S2. The van der Waals surface area contributed by atoms with Gasteiger partial charge < -0.3 is 5.32 Å². The highest BCUT2D eigenvalue weighted by atomic mass is 32.2. The van der Waals surface area contributed by atoms with Crippen LogP contribution in [0.1, 0.15) is 19.8 Å². The van der Waals surface area contributed by atoms with Gasteiger partial charge in [-0.1, -0.05) is 0 Å². The molecule has 0 aromatic heterocycles. The molecule has 1 atom stereocenters. The summed E-state index contributed by atoms with van der Waals surface area (Å²) in [5, 5.41) is 3.18. The van der Waals surface area contributed by atoms with Gasteiger partial charge >= 0.3 is 0 Å². The summed E-state index contributed by atoms with van der Waals surface area (Å²) < 4.78 is 24.2. The van der Waals surface area contributed by atoms with Crippen LogP contribution in [0.2, 0.25) is 0 Å². The summed E-state index contributed by atoms with van der Waals surface area (Å²) in [6.07, 6.45) is 2.52. The van der Waals surface area contributed by atoms with Crippen LogP contribution in [0.4, 0.5) is 0 Å². The Balaban J connectivity index is 2.46. The maximum Gasteiger partial charge on any atom is 0.242 e. The highest BCUT2D eigenvalue weighted by Gasteiger charge is 2.30. The third kappa shape index (κ3) is 5.29. The molecule has 0 saturated carbocycles. The number of nitrogens with one attached hydrogen (secondary N) is 3. The molecule has 0 radical (unpaired) electrons. The average Bonchev–Trinajstić information content (AvgIpc) is 2.35. The average molecular weight is 308 g/mol. The molecule has 1 fully saturated rings. The van der Waals surface area contributed by atoms with Crippen LogP contribution in [0.15, 0.2) is 0 Å². The molecule has 0 aromatic carbocycles. The molecule has 1 saturated heterocycles. The molecule has 19 heavy (non-hydrogen) atoms. The zero-order chi connectivity index (χ0) is 14.5. The number of carbonyl (C=O) groups excluding carboxylic acids is 1. The molecule has 0 unspecified atom stereocenters. The van der Waals surface area contributed by atoms with E-state index in [1.165, 1.54) is 4.31 Å². The monoisotopic (exact) mass is 308 g/mol. The van der Waals surface area contributed by atoms with E-state index in [0.29, 0.717) is 31.0 Å². The van der Waals surface area contributed by atoms with Crippen LogP contribution in [0, 0.1) is 5.92 Å². The van der Waals surface area contributed by atoms with E-state index in [9.17, 15) is 13.2 Å². The zero-order valence-corrected chi connectivity index (χ0v) is 12.7. The molecule has 7 nitrogen and oxygen atoms in total. The van der Waals surface area contributed by atoms with Crippen LogP contribution in [0.25, 0.3) is 0 Å². The smallest absolute Gasteiger partial charge is 0.242 e. The number of rotatable bonds is 3. The van der Waals surface area contributed by atoms with Crippen LogP contribution in [0.3, 0.4) is 0 Å². The highest BCUT2D eigenvalue weighted by molar-refractivity contribution is 7.88. The zero-order valence-electron chi connectivity index (χ0n) is 11.1. The molecular weight excluding hydrogens is 288 g/mol. The molecule has 1 rings (SSSR count). The van der Waals surface area contributed by atoms with Crippen molar-refractivity contribution in [2.24, 2.45) is 5.92 Å². The number of hydrogen-bond acceptors (Lipinski definition) is 4. The van der Waals surface area contributed by atoms with Crippen LogP contribution in [-0.2, 0) is 14.8 Å². The number of carbonyl (C=O) groups is 1. The normalized spacial score (nSPS) is 20.6. The molecule has 110 valence electrons. The van der Waals surface area contributed by atoms with E-state index < -0.39 is 10.0 Å². The van der Waals surface area contributed by atoms with Crippen molar-refractivity contribution in [3.63, 3.8) is 0 Å². The van der Waals surface area contributed by atoms with Gasteiger partial charge in [0.2, 0.25) is 15.9 Å². The Labute approximate surface area is 119 Å². The van der Waals surface area contributed by atoms with Gasteiger partial charge in [0.15, 0.2) is 5.11 Å². The van der Waals surface area contributed by atoms with Gasteiger partial charge in [0.05, 0.1) is 12.2 Å². The second-order valence-corrected chi connectivity index (χ2v) is 6.82. The van der Waals surface area contributed by atoms with E-state index >= 15 is 0 Å². The van der Waals surface area contributed by atoms with Gasteiger partial charge in [0.25, 0.3) is 0 Å². The fourth-order valence-corrected chi connectivity index (χ4v) is 2.99. The maximum atomic E-state index is 11.9. The summed E-state index contributed by atoms with van der Waals surface area (Å²) in [6.45, 7) is 3.25. The Bertz CT molecular complexity index is 438. The molecule has 1 heterocycles. The van der Waals surface area contributed by atoms with Crippen molar-refractivity contribution in [3.8, 4) is 0 Å². The highest BCUT2D eigenvalue weighted by Crippen LogP contribution is 2.18. The fourth-order valence-electron chi connectivity index (χ4n) is 1.88. The number of hydrazine groups is 1. The number of nitrogens with zero attached hydrogens (tertiary/aromatic N) is 1. The first-order chi connectivity index (χ1) is 8.84. The molecule has 1 amide bonds. The second-order valence-electron chi connectivity index (χ2n) is 4.43. The van der Waals surface area contributed by atoms with Crippen molar-refractivity contribution in [1.29, 1.82) is 0 Å². The number of thiocarbonyl (C=S) groups is 1. The van der Waals surface area contributed by atoms with E-state index in [4.69, 9.17) is 12.2 Å². The summed E-state index contributed by atoms with van der Waals surface area (Å²) >= 11 is 4.91. The van der Waals surface area contributed by atoms with E-state index in [1.54, 1.807) is 0 Å². The van der Waals surface area contributed by atoms with Gasteiger partial charge in [0.1, 0.15) is 0 Å². The van der Waals surface area contributed by atoms with Crippen molar-refractivity contribution in [3.05, 3.63) is 0 Å². The van der Waals surface area contributed by atoms with Gasteiger partial charge in [-0.25, -0.2) is 12.7 Å². The second kappa shape index (κ2) is 7.01. The lowest BCUT2D eigenvalue weighted by Crippen LogP contribution is -2.51. The van der Waals surface area contributed by atoms with Gasteiger partial charge in [-0.3, -0.25) is 15.6 Å². The molecule has 0 aromatic rings. The van der Waals surface area contributed by atoms with Crippen molar-refractivity contribution in [2.75, 3.05) is 25.9 Å². The summed E-state index contributed by atoms with van der Waals surface area (Å²) in [5.41, 5.74) is 5.08. The number of amides is 1. The third-order valence-electron chi connectivity index (χ3n) is 2.86. The van der Waals surface area contributed by atoms with Gasteiger partial charge in [-0.2, -0.15) is 0 Å². The maximum absolute atomic E-state index is 11.9. The minimum absolute atomic E-state index is 0.223. The Hall–Kier alpha value is -0.930. The minimum Gasteiger partial charge on any atom is -0.362 e. The van der Waals surface area contributed by atoms with Crippen molar-refractivity contribution >= 4 is 33.3 Å². The van der Waals surface area contributed by atoms with Crippen LogP contribution >= 0.6 is 12.2 Å². The summed E-state index contributed by atoms with van der Waals surface area (Å²) in [6, 6.07) is 0. The predicted octanol–water partition coefficient (Wildman–Crippen LogP) is -0.827. The molecule has 3 N–H and O–H groups in total. The Kier molecular flexibility index (Phi) is 5.95. The first-order valence-corrected chi connectivity index (χ1v) is 8.39. The predicted molar refractivity (Wildman–Crippen MR) is 76.7 cm³/mol. The molecule has 0 bridgehead atoms. The fraction of sp³-hybridized carbons (Fsp3) is 0.800. The van der Waals surface area contributed by atoms with Gasteiger partial charge in [-0.05, 0) is 32.0 Å². The Morgan fingerprint density at radius 1 is 1.42 bits per heavy atom.